The van der Waals surface area contributed by atoms with Crippen LogP contribution in [0.2, 0.25) is 5.02 Å². The third kappa shape index (κ3) is 3.10. The molecule has 0 aliphatic heterocycles. The standard InChI is InChI=1S/C9H12BrClN2O/c1-3-6(10)4-8-7(11)5-12-9(13-8)14-2/h5-6H,3-4H2,1-2H3. The first-order valence-corrected chi connectivity index (χ1v) is 5.66. The Balaban J connectivity index is 2.83. The summed E-state index contributed by atoms with van der Waals surface area (Å²) >= 11 is 9.49. The molecule has 1 unspecified atom stereocenters. The molecule has 1 atom stereocenters. The fraction of sp³-hybridized carbons (Fsp3) is 0.556. The Morgan fingerprint density at radius 1 is 1.64 bits per heavy atom. The number of hydrogen-bond donors (Lipinski definition) is 0. The maximum atomic E-state index is 5.95. The van der Waals surface area contributed by atoms with E-state index in [0.717, 1.165) is 18.5 Å². The third-order valence-corrected chi connectivity index (χ3v) is 3.12. The predicted molar refractivity (Wildman–Crippen MR) is 60.3 cm³/mol. The van der Waals surface area contributed by atoms with E-state index < -0.39 is 0 Å². The number of methoxy groups -OCH3 is 1. The van der Waals surface area contributed by atoms with Gasteiger partial charge in [-0.05, 0) is 6.42 Å². The molecule has 0 spiro atoms. The zero-order chi connectivity index (χ0) is 10.6. The normalized spacial score (nSPS) is 12.6. The molecular formula is C9H12BrClN2O. The summed E-state index contributed by atoms with van der Waals surface area (Å²) in [5.74, 6) is 0. The number of alkyl halides is 1. The Kier molecular flexibility index (Phi) is 4.62. The molecule has 0 bridgehead atoms. The van der Waals surface area contributed by atoms with Crippen LogP contribution in [0, 0.1) is 0 Å². The molecule has 78 valence electrons. The molecule has 1 rings (SSSR count). The number of halogens is 2. The fourth-order valence-corrected chi connectivity index (χ4v) is 1.45. The van der Waals surface area contributed by atoms with Crippen molar-refractivity contribution in [2.45, 2.75) is 24.6 Å². The Bertz CT molecular complexity index is 309. The second kappa shape index (κ2) is 5.51. The van der Waals surface area contributed by atoms with Crippen molar-refractivity contribution >= 4 is 27.5 Å². The molecule has 0 fully saturated rings. The summed E-state index contributed by atoms with van der Waals surface area (Å²) in [5, 5.41) is 0.587. The second-order valence-electron chi connectivity index (χ2n) is 2.86. The monoisotopic (exact) mass is 278 g/mol. The van der Waals surface area contributed by atoms with E-state index in [4.69, 9.17) is 16.3 Å². The first-order valence-electron chi connectivity index (χ1n) is 4.36. The van der Waals surface area contributed by atoms with Gasteiger partial charge in [-0.1, -0.05) is 34.5 Å². The van der Waals surface area contributed by atoms with Gasteiger partial charge in [0.05, 0.1) is 24.0 Å². The maximum Gasteiger partial charge on any atom is 0.316 e. The van der Waals surface area contributed by atoms with Crippen molar-refractivity contribution in [3.63, 3.8) is 0 Å². The van der Waals surface area contributed by atoms with Crippen LogP contribution >= 0.6 is 27.5 Å². The van der Waals surface area contributed by atoms with E-state index in [1.165, 1.54) is 0 Å². The van der Waals surface area contributed by atoms with E-state index in [0.29, 0.717) is 15.9 Å². The van der Waals surface area contributed by atoms with E-state index in [1.807, 2.05) is 0 Å². The lowest BCUT2D eigenvalue weighted by Crippen LogP contribution is -2.05. The van der Waals surface area contributed by atoms with Crippen molar-refractivity contribution in [1.29, 1.82) is 0 Å². The minimum atomic E-state index is 0.361. The van der Waals surface area contributed by atoms with Crippen LogP contribution in [0.3, 0.4) is 0 Å². The lowest BCUT2D eigenvalue weighted by Gasteiger charge is -2.08. The summed E-state index contributed by atoms with van der Waals surface area (Å²) in [6, 6.07) is 0.361. The highest BCUT2D eigenvalue weighted by Crippen LogP contribution is 2.20. The van der Waals surface area contributed by atoms with Crippen LogP contribution in [0.15, 0.2) is 6.20 Å². The molecule has 3 nitrogen and oxygen atoms in total. The van der Waals surface area contributed by atoms with Crippen molar-refractivity contribution in [1.82, 2.24) is 9.97 Å². The van der Waals surface area contributed by atoms with Crippen molar-refractivity contribution < 1.29 is 4.74 Å². The molecule has 0 aromatic carbocycles. The topological polar surface area (TPSA) is 35.0 Å². The van der Waals surface area contributed by atoms with E-state index in [2.05, 4.69) is 32.8 Å². The fourth-order valence-electron chi connectivity index (χ4n) is 0.980. The van der Waals surface area contributed by atoms with Gasteiger partial charge in [0.1, 0.15) is 0 Å². The zero-order valence-electron chi connectivity index (χ0n) is 8.13. The van der Waals surface area contributed by atoms with Gasteiger partial charge in [-0.3, -0.25) is 0 Å². The van der Waals surface area contributed by atoms with Crippen molar-refractivity contribution in [2.75, 3.05) is 7.11 Å². The molecule has 1 aromatic heterocycles. The summed E-state index contributed by atoms with van der Waals surface area (Å²) in [7, 11) is 1.54. The van der Waals surface area contributed by atoms with Gasteiger partial charge in [0.2, 0.25) is 0 Å². The van der Waals surface area contributed by atoms with Crippen LogP contribution in [-0.2, 0) is 6.42 Å². The van der Waals surface area contributed by atoms with Gasteiger partial charge in [0.15, 0.2) is 0 Å². The SMILES string of the molecule is CCC(Br)Cc1nc(OC)ncc1Cl. The molecule has 0 N–H and O–H groups in total. The molecule has 0 radical (unpaired) electrons. The lowest BCUT2D eigenvalue weighted by atomic mass is 10.2. The lowest BCUT2D eigenvalue weighted by molar-refractivity contribution is 0.378. The number of nitrogens with zero attached hydrogens (tertiary/aromatic N) is 2. The van der Waals surface area contributed by atoms with Gasteiger partial charge >= 0.3 is 6.01 Å². The van der Waals surface area contributed by atoms with Crippen LogP contribution in [0.4, 0.5) is 0 Å². The maximum absolute atomic E-state index is 5.95. The van der Waals surface area contributed by atoms with E-state index >= 15 is 0 Å². The van der Waals surface area contributed by atoms with Crippen LogP contribution < -0.4 is 4.74 Å². The molecule has 0 aliphatic carbocycles. The largest absolute Gasteiger partial charge is 0.467 e. The molecule has 0 aliphatic rings. The predicted octanol–water partition coefficient (Wildman–Crippen LogP) is 2.85. The van der Waals surface area contributed by atoms with E-state index in [1.54, 1.807) is 13.3 Å². The zero-order valence-corrected chi connectivity index (χ0v) is 10.5. The van der Waals surface area contributed by atoms with Crippen molar-refractivity contribution in [2.24, 2.45) is 0 Å². The van der Waals surface area contributed by atoms with E-state index in [-0.39, 0.29) is 0 Å². The summed E-state index contributed by atoms with van der Waals surface area (Å²) in [5.41, 5.74) is 0.822. The first kappa shape index (κ1) is 11.7. The molecule has 0 saturated carbocycles. The molecule has 1 heterocycles. The molecule has 0 saturated heterocycles. The van der Waals surface area contributed by atoms with Gasteiger partial charge in [-0.25, -0.2) is 4.98 Å². The number of aromatic nitrogens is 2. The van der Waals surface area contributed by atoms with Gasteiger partial charge in [0, 0.05) is 11.2 Å². The number of rotatable bonds is 4. The van der Waals surface area contributed by atoms with Crippen molar-refractivity contribution in [3.8, 4) is 6.01 Å². The average Bonchev–Trinajstić information content (AvgIpc) is 2.21. The van der Waals surface area contributed by atoms with Crippen LogP contribution in [0.1, 0.15) is 19.0 Å². The summed E-state index contributed by atoms with van der Waals surface area (Å²) in [6.07, 6.45) is 3.38. The number of ether oxygens (including phenoxy) is 1. The number of hydrogen-bond acceptors (Lipinski definition) is 3. The Morgan fingerprint density at radius 2 is 2.36 bits per heavy atom. The minimum absolute atomic E-state index is 0.361. The van der Waals surface area contributed by atoms with Gasteiger partial charge in [-0.2, -0.15) is 4.98 Å². The third-order valence-electron chi connectivity index (χ3n) is 1.84. The smallest absolute Gasteiger partial charge is 0.316 e. The molecule has 1 aromatic rings. The van der Waals surface area contributed by atoms with Gasteiger partial charge in [0.25, 0.3) is 0 Å². The quantitative estimate of drug-likeness (QED) is 0.795. The Morgan fingerprint density at radius 3 is 2.93 bits per heavy atom. The summed E-state index contributed by atoms with van der Waals surface area (Å²) in [6.45, 7) is 2.10. The van der Waals surface area contributed by atoms with Gasteiger partial charge in [-0.15, -0.1) is 0 Å². The summed E-state index contributed by atoms with van der Waals surface area (Å²) < 4.78 is 4.93. The van der Waals surface area contributed by atoms with Crippen LogP contribution in [0.5, 0.6) is 6.01 Å². The highest BCUT2D eigenvalue weighted by molar-refractivity contribution is 9.09. The molecule has 5 heteroatoms. The van der Waals surface area contributed by atoms with Gasteiger partial charge < -0.3 is 4.74 Å². The molecule has 14 heavy (non-hydrogen) atoms. The first-order chi connectivity index (χ1) is 6.67. The molecule has 0 amide bonds. The highest BCUT2D eigenvalue weighted by atomic mass is 79.9. The Hall–Kier alpha value is -0.350. The summed E-state index contributed by atoms with van der Waals surface area (Å²) in [4.78, 5) is 8.48. The average molecular weight is 280 g/mol. The second-order valence-corrected chi connectivity index (χ2v) is 4.56. The van der Waals surface area contributed by atoms with Crippen LogP contribution in [0.25, 0.3) is 0 Å². The minimum Gasteiger partial charge on any atom is -0.467 e. The van der Waals surface area contributed by atoms with Crippen molar-refractivity contribution in [3.05, 3.63) is 16.9 Å². The van der Waals surface area contributed by atoms with Crippen LogP contribution in [-0.4, -0.2) is 21.9 Å². The highest BCUT2D eigenvalue weighted by Gasteiger charge is 2.10. The Labute approximate surface area is 97.0 Å². The molecular weight excluding hydrogens is 267 g/mol. The van der Waals surface area contributed by atoms with E-state index in [9.17, 15) is 0 Å².